The van der Waals surface area contributed by atoms with E-state index >= 15 is 0 Å². The molecule has 0 aromatic heterocycles. The molecule has 2 saturated carbocycles. The standard InChI is InChI=1S/C15H28NO2/c1-14(2)11-7-8-15(14,3)12(9-11)18-13(17)10-16(4,5)6/h11-12H,7-10H2,1-6H3/q+1/t11-,12+,15-/m0/s1. The molecule has 0 aliphatic heterocycles. The summed E-state index contributed by atoms with van der Waals surface area (Å²) in [6.45, 7) is 7.46. The van der Waals surface area contributed by atoms with Crippen molar-refractivity contribution in [1.82, 2.24) is 0 Å². The van der Waals surface area contributed by atoms with Crippen molar-refractivity contribution in [3.05, 3.63) is 0 Å². The fourth-order valence-corrected chi connectivity index (χ4v) is 3.89. The number of likely N-dealkylation sites (N-methyl/N-ethyl adjacent to an activating group) is 1. The minimum atomic E-state index is -0.0444. The SMILES string of the molecule is CC1(C)[C@H]2CC[C@@]1(C)[C@H](OC(=O)C[N+](C)(C)C)C2. The van der Waals surface area contributed by atoms with E-state index in [1.807, 2.05) is 21.1 Å². The minimum absolute atomic E-state index is 0.0444. The maximum atomic E-state index is 12.0. The third-order valence-corrected chi connectivity index (χ3v) is 5.59. The van der Waals surface area contributed by atoms with Crippen molar-refractivity contribution in [2.75, 3.05) is 27.7 Å². The molecule has 104 valence electrons. The van der Waals surface area contributed by atoms with Crippen molar-refractivity contribution in [1.29, 1.82) is 0 Å². The molecule has 0 saturated heterocycles. The average molecular weight is 254 g/mol. The quantitative estimate of drug-likeness (QED) is 0.571. The highest BCUT2D eigenvalue weighted by molar-refractivity contribution is 5.71. The number of hydrogen-bond donors (Lipinski definition) is 0. The molecule has 2 aliphatic carbocycles. The molecule has 18 heavy (non-hydrogen) atoms. The highest BCUT2D eigenvalue weighted by Crippen LogP contribution is 2.66. The van der Waals surface area contributed by atoms with Gasteiger partial charge in [-0.05, 0) is 30.6 Å². The Morgan fingerprint density at radius 2 is 1.89 bits per heavy atom. The number of ether oxygens (including phenoxy) is 1. The Morgan fingerprint density at radius 3 is 2.28 bits per heavy atom. The van der Waals surface area contributed by atoms with Crippen LogP contribution in [0.15, 0.2) is 0 Å². The molecule has 0 amide bonds. The Kier molecular flexibility index (Phi) is 3.05. The summed E-state index contributed by atoms with van der Waals surface area (Å²) in [5, 5.41) is 0. The highest BCUT2D eigenvalue weighted by Gasteiger charge is 2.62. The molecule has 0 unspecified atom stereocenters. The predicted octanol–water partition coefficient (Wildman–Crippen LogP) is 2.45. The largest absolute Gasteiger partial charge is 0.458 e. The van der Waals surface area contributed by atoms with Crippen LogP contribution in [0.5, 0.6) is 0 Å². The number of carbonyl (C=O) groups is 1. The number of fused-ring (bicyclic) bond motifs is 2. The van der Waals surface area contributed by atoms with Gasteiger partial charge in [-0.15, -0.1) is 0 Å². The molecule has 2 aliphatic rings. The van der Waals surface area contributed by atoms with E-state index in [0.29, 0.717) is 16.4 Å². The van der Waals surface area contributed by atoms with E-state index in [0.717, 1.165) is 12.3 Å². The predicted molar refractivity (Wildman–Crippen MR) is 72.0 cm³/mol. The van der Waals surface area contributed by atoms with Gasteiger partial charge in [0.1, 0.15) is 6.10 Å². The molecular formula is C15H28NO2+. The van der Waals surface area contributed by atoms with Gasteiger partial charge in [0.2, 0.25) is 0 Å². The zero-order valence-corrected chi connectivity index (χ0v) is 12.7. The zero-order chi connectivity index (χ0) is 13.8. The van der Waals surface area contributed by atoms with Gasteiger partial charge in [0.15, 0.2) is 6.54 Å². The Balaban J connectivity index is 2.03. The monoisotopic (exact) mass is 254 g/mol. The topological polar surface area (TPSA) is 26.3 Å². The van der Waals surface area contributed by atoms with Gasteiger partial charge in [-0.25, -0.2) is 4.79 Å². The molecule has 0 N–H and O–H groups in total. The van der Waals surface area contributed by atoms with Gasteiger partial charge in [-0.2, -0.15) is 0 Å². The lowest BCUT2D eigenvalue weighted by Gasteiger charge is -2.38. The Hall–Kier alpha value is -0.570. The van der Waals surface area contributed by atoms with Gasteiger partial charge in [0.05, 0.1) is 21.1 Å². The van der Waals surface area contributed by atoms with E-state index in [1.54, 1.807) is 0 Å². The second kappa shape index (κ2) is 3.96. The second-order valence-electron chi connectivity index (χ2n) is 8.04. The first kappa shape index (κ1) is 13.9. The summed E-state index contributed by atoms with van der Waals surface area (Å²) in [5.74, 6) is 0.682. The van der Waals surface area contributed by atoms with Gasteiger partial charge in [0.25, 0.3) is 0 Å². The van der Waals surface area contributed by atoms with Crippen molar-refractivity contribution in [2.45, 2.75) is 46.1 Å². The van der Waals surface area contributed by atoms with Crippen LogP contribution in [0.1, 0.15) is 40.0 Å². The van der Waals surface area contributed by atoms with Crippen LogP contribution in [-0.4, -0.2) is 44.2 Å². The lowest BCUT2D eigenvalue weighted by atomic mass is 9.70. The van der Waals surface area contributed by atoms with Gasteiger partial charge in [-0.1, -0.05) is 20.8 Å². The number of carbonyl (C=O) groups excluding carboxylic acids is 1. The molecule has 3 heteroatoms. The van der Waals surface area contributed by atoms with E-state index in [9.17, 15) is 4.79 Å². The molecule has 0 radical (unpaired) electrons. The summed E-state index contributed by atoms with van der Waals surface area (Å²) in [5.41, 5.74) is 0.493. The van der Waals surface area contributed by atoms with Crippen LogP contribution in [-0.2, 0) is 9.53 Å². The fourth-order valence-electron chi connectivity index (χ4n) is 3.89. The summed E-state index contributed by atoms with van der Waals surface area (Å²) in [7, 11) is 6.06. The van der Waals surface area contributed by atoms with Crippen LogP contribution in [0.3, 0.4) is 0 Å². The number of quaternary nitrogens is 1. The first-order chi connectivity index (χ1) is 8.06. The van der Waals surface area contributed by atoms with E-state index in [4.69, 9.17) is 4.74 Å². The van der Waals surface area contributed by atoms with Crippen LogP contribution in [0.25, 0.3) is 0 Å². The third-order valence-electron chi connectivity index (χ3n) is 5.59. The van der Waals surface area contributed by atoms with Gasteiger partial charge in [-0.3, -0.25) is 0 Å². The number of rotatable bonds is 3. The van der Waals surface area contributed by atoms with Crippen LogP contribution < -0.4 is 0 Å². The maximum absolute atomic E-state index is 12.0. The van der Waals surface area contributed by atoms with Gasteiger partial charge >= 0.3 is 5.97 Å². The zero-order valence-electron chi connectivity index (χ0n) is 12.7. The third kappa shape index (κ3) is 2.07. The molecule has 0 spiro atoms. The molecule has 2 bridgehead atoms. The first-order valence-electron chi connectivity index (χ1n) is 7.06. The van der Waals surface area contributed by atoms with Crippen LogP contribution >= 0.6 is 0 Å². The fraction of sp³-hybridized carbons (Fsp3) is 0.933. The molecule has 3 nitrogen and oxygen atoms in total. The maximum Gasteiger partial charge on any atom is 0.362 e. The van der Waals surface area contributed by atoms with Crippen LogP contribution in [0.2, 0.25) is 0 Å². The Labute approximate surface area is 111 Å². The van der Waals surface area contributed by atoms with E-state index in [-0.39, 0.29) is 17.5 Å². The van der Waals surface area contributed by atoms with E-state index in [1.165, 1.54) is 12.8 Å². The Morgan fingerprint density at radius 1 is 1.28 bits per heavy atom. The van der Waals surface area contributed by atoms with E-state index in [2.05, 4.69) is 20.8 Å². The molecule has 0 heterocycles. The van der Waals surface area contributed by atoms with Crippen LogP contribution in [0, 0.1) is 16.7 Å². The molecule has 2 fully saturated rings. The molecular weight excluding hydrogens is 226 g/mol. The molecule has 0 aromatic rings. The minimum Gasteiger partial charge on any atom is -0.458 e. The highest BCUT2D eigenvalue weighted by atomic mass is 16.5. The van der Waals surface area contributed by atoms with Crippen molar-refractivity contribution in [3.63, 3.8) is 0 Å². The van der Waals surface area contributed by atoms with Crippen LogP contribution in [0.4, 0.5) is 0 Å². The van der Waals surface area contributed by atoms with Gasteiger partial charge < -0.3 is 9.22 Å². The molecule has 0 aromatic carbocycles. The summed E-state index contributed by atoms with van der Waals surface area (Å²) in [4.78, 5) is 12.0. The lowest BCUT2D eigenvalue weighted by molar-refractivity contribution is -0.862. The first-order valence-corrected chi connectivity index (χ1v) is 7.06. The Bertz CT molecular complexity index is 356. The van der Waals surface area contributed by atoms with E-state index < -0.39 is 0 Å². The smallest absolute Gasteiger partial charge is 0.362 e. The average Bonchev–Trinajstić information content (AvgIpc) is 2.47. The summed E-state index contributed by atoms with van der Waals surface area (Å²) >= 11 is 0. The van der Waals surface area contributed by atoms with Crippen molar-refractivity contribution in [2.24, 2.45) is 16.7 Å². The van der Waals surface area contributed by atoms with Gasteiger partial charge in [0, 0.05) is 5.41 Å². The molecule has 2 rings (SSSR count). The number of nitrogens with zero attached hydrogens (tertiary/aromatic N) is 1. The number of esters is 1. The summed E-state index contributed by atoms with van der Waals surface area (Å²) < 4.78 is 6.44. The lowest BCUT2D eigenvalue weighted by Crippen LogP contribution is -2.44. The second-order valence-corrected chi connectivity index (χ2v) is 8.04. The summed E-state index contributed by atoms with van der Waals surface area (Å²) in [6, 6.07) is 0. The normalized spacial score (nSPS) is 37.9. The number of hydrogen-bond acceptors (Lipinski definition) is 2. The van der Waals surface area contributed by atoms with Crippen molar-refractivity contribution >= 4 is 5.97 Å². The van der Waals surface area contributed by atoms with Crippen molar-refractivity contribution < 1.29 is 14.0 Å². The molecule has 3 atom stereocenters. The summed E-state index contributed by atoms with van der Waals surface area (Å²) in [6.07, 6.45) is 3.69. The van der Waals surface area contributed by atoms with Crippen molar-refractivity contribution in [3.8, 4) is 0 Å².